The van der Waals surface area contributed by atoms with Crippen LogP contribution in [0.2, 0.25) is 5.02 Å². The van der Waals surface area contributed by atoms with Crippen molar-refractivity contribution < 1.29 is 22.3 Å². The number of rotatable bonds is 5. The Morgan fingerprint density at radius 2 is 1.87 bits per heavy atom. The molecule has 23 heavy (non-hydrogen) atoms. The standard InChI is InChI=1S/C15H13ClFNO4S/c1-22-14-7-4-11(8-13(14)16)18-15(19)9-23(20,21)12-5-2-10(17)3-6-12/h2-8H,9H2,1H3,(H,18,19). The summed E-state index contributed by atoms with van der Waals surface area (Å²) in [5, 5.41) is 2.72. The highest BCUT2D eigenvalue weighted by molar-refractivity contribution is 7.92. The largest absolute Gasteiger partial charge is 0.495 e. The Morgan fingerprint density at radius 3 is 2.43 bits per heavy atom. The van der Waals surface area contributed by atoms with Crippen LogP contribution < -0.4 is 10.1 Å². The summed E-state index contributed by atoms with van der Waals surface area (Å²) < 4.78 is 42.0. The predicted octanol–water partition coefficient (Wildman–Crippen LogP) is 2.90. The van der Waals surface area contributed by atoms with Crippen molar-refractivity contribution >= 4 is 33.0 Å². The molecule has 0 atom stereocenters. The zero-order valence-electron chi connectivity index (χ0n) is 12.0. The van der Waals surface area contributed by atoms with Gasteiger partial charge in [0.1, 0.15) is 17.3 Å². The minimum Gasteiger partial charge on any atom is -0.495 e. The maximum Gasteiger partial charge on any atom is 0.239 e. The number of benzene rings is 2. The summed E-state index contributed by atoms with van der Waals surface area (Å²) in [6, 6.07) is 8.80. The van der Waals surface area contributed by atoms with E-state index >= 15 is 0 Å². The van der Waals surface area contributed by atoms with Crippen LogP contribution in [0.15, 0.2) is 47.4 Å². The Labute approximate surface area is 138 Å². The second-order valence-corrected chi connectivity index (χ2v) is 7.01. The van der Waals surface area contributed by atoms with Gasteiger partial charge in [0.15, 0.2) is 9.84 Å². The number of sulfone groups is 1. The van der Waals surface area contributed by atoms with Crippen LogP contribution >= 0.6 is 11.6 Å². The minimum absolute atomic E-state index is 0.123. The number of amides is 1. The average molecular weight is 358 g/mol. The number of ether oxygens (including phenoxy) is 1. The van der Waals surface area contributed by atoms with Crippen LogP contribution in [0.4, 0.5) is 10.1 Å². The molecule has 0 aliphatic heterocycles. The lowest BCUT2D eigenvalue weighted by Crippen LogP contribution is -2.23. The molecule has 0 saturated carbocycles. The first kappa shape index (κ1) is 17.2. The fraction of sp³-hybridized carbons (Fsp3) is 0.133. The van der Waals surface area contributed by atoms with Crippen molar-refractivity contribution in [1.82, 2.24) is 0 Å². The number of carbonyl (C=O) groups excluding carboxylic acids is 1. The molecule has 0 radical (unpaired) electrons. The summed E-state index contributed by atoms with van der Waals surface area (Å²) in [7, 11) is -2.40. The Morgan fingerprint density at radius 1 is 1.22 bits per heavy atom. The molecule has 2 aromatic carbocycles. The van der Waals surface area contributed by atoms with Gasteiger partial charge in [0.25, 0.3) is 0 Å². The van der Waals surface area contributed by atoms with Crippen molar-refractivity contribution in [1.29, 1.82) is 0 Å². The van der Waals surface area contributed by atoms with Gasteiger partial charge in [-0.25, -0.2) is 12.8 Å². The average Bonchev–Trinajstić information content (AvgIpc) is 2.47. The topological polar surface area (TPSA) is 72.5 Å². The van der Waals surface area contributed by atoms with Crippen LogP contribution in [0.1, 0.15) is 0 Å². The molecule has 0 saturated heterocycles. The molecular formula is C15H13ClFNO4S. The maximum absolute atomic E-state index is 12.8. The second-order valence-electron chi connectivity index (χ2n) is 4.61. The summed E-state index contributed by atoms with van der Waals surface area (Å²) >= 11 is 5.93. The van der Waals surface area contributed by atoms with Gasteiger partial charge in [0.05, 0.1) is 17.0 Å². The van der Waals surface area contributed by atoms with Gasteiger partial charge in [-0.15, -0.1) is 0 Å². The molecule has 1 amide bonds. The zero-order valence-corrected chi connectivity index (χ0v) is 13.6. The highest BCUT2D eigenvalue weighted by atomic mass is 35.5. The number of halogens is 2. The van der Waals surface area contributed by atoms with Crippen LogP contribution in [0.3, 0.4) is 0 Å². The van der Waals surface area contributed by atoms with E-state index in [9.17, 15) is 17.6 Å². The van der Waals surface area contributed by atoms with E-state index in [1.165, 1.54) is 19.2 Å². The van der Waals surface area contributed by atoms with Crippen molar-refractivity contribution in [2.45, 2.75) is 4.90 Å². The number of anilines is 1. The number of nitrogens with one attached hydrogen (secondary N) is 1. The quantitative estimate of drug-likeness (QED) is 0.835. The third kappa shape index (κ3) is 4.43. The molecule has 0 spiro atoms. The zero-order chi connectivity index (χ0) is 17.0. The summed E-state index contributed by atoms with van der Waals surface area (Å²) in [6.07, 6.45) is 0. The molecule has 2 rings (SSSR count). The molecule has 0 aromatic heterocycles. The van der Waals surface area contributed by atoms with Crippen LogP contribution in [0, 0.1) is 5.82 Å². The summed E-state index contributed by atoms with van der Waals surface area (Å²) in [5.41, 5.74) is 0.343. The van der Waals surface area contributed by atoms with Gasteiger partial charge in [-0.3, -0.25) is 4.79 Å². The van der Waals surface area contributed by atoms with E-state index in [4.69, 9.17) is 16.3 Å². The van der Waals surface area contributed by atoms with Crippen molar-refractivity contribution in [2.75, 3.05) is 18.2 Å². The lowest BCUT2D eigenvalue weighted by molar-refractivity contribution is -0.113. The highest BCUT2D eigenvalue weighted by Crippen LogP contribution is 2.27. The molecule has 0 fully saturated rings. The molecule has 1 N–H and O–H groups in total. The fourth-order valence-corrected chi connectivity index (χ4v) is 3.23. The minimum atomic E-state index is -3.86. The third-order valence-electron chi connectivity index (χ3n) is 2.93. The van der Waals surface area contributed by atoms with Gasteiger partial charge in [-0.1, -0.05) is 11.6 Å². The van der Waals surface area contributed by atoms with E-state index in [0.717, 1.165) is 24.3 Å². The van der Waals surface area contributed by atoms with Crippen LogP contribution in [0.25, 0.3) is 0 Å². The van der Waals surface area contributed by atoms with Gasteiger partial charge < -0.3 is 10.1 Å². The van der Waals surface area contributed by atoms with Crippen molar-refractivity contribution in [2.24, 2.45) is 0 Å². The number of hydrogen-bond acceptors (Lipinski definition) is 4. The lowest BCUT2D eigenvalue weighted by Gasteiger charge is -2.08. The van der Waals surface area contributed by atoms with E-state index in [0.29, 0.717) is 11.4 Å². The Bertz CT molecular complexity index is 822. The number of hydrogen-bond donors (Lipinski definition) is 1. The monoisotopic (exact) mass is 357 g/mol. The van der Waals surface area contributed by atoms with Gasteiger partial charge in [-0.2, -0.15) is 0 Å². The van der Waals surface area contributed by atoms with Gasteiger partial charge in [0, 0.05) is 5.69 Å². The van der Waals surface area contributed by atoms with E-state index < -0.39 is 27.3 Å². The molecular weight excluding hydrogens is 345 g/mol. The highest BCUT2D eigenvalue weighted by Gasteiger charge is 2.19. The molecule has 0 unspecified atom stereocenters. The van der Waals surface area contributed by atoms with E-state index in [-0.39, 0.29) is 9.92 Å². The van der Waals surface area contributed by atoms with Crippen LogP contribution in [0.5, 0.6) is 5.75 Å². The van der Waals surface area contributed by atoms with Gasteiger partial charge >= 0.3 is 0 Å². The molecule has 5 nitrogen and oxygen atoms in total. The SMILES string of the molecule is COc1ccc(NC(=O)CS(=O)(=O)c2ccc(F)cc2)cc1Cl. The molecule has 8 heteroatoms. The van der Waals surface area contributed by atoms with Gasteiger partial charge in [-0.05, 0) is 42.5 Å². The Balaban J connectivity index is 2.09. The summed E-state index contributed by atoms with van der Waals surface area (Å²) in [6.45, 7) is 0. The molecule has 0 heterocycles. The fourth-order valence-electron chi connectivity index (χ4n) is 1.84. The first-order chi connectivity index (χ1) is 10.8. The van der Waals surface area contributed by atoms with Gasteiger partial charge in [0.2, 0.25) is 5.91 Å². The van der Waals surface area contributed by atoms with Crippen molar-refractivity contribution in [3.05, 3.63) is 53.3 Å². The predicted molar refractivity (Wildman–Crippen MR) is 85.1 cm³/mol. The van der Waals surface area contributed by atoms with E-state index in [1.54, 1.807) is 6.07 Å². The van der Waals surface area contributed by atoms with Crippen LogP contribution in [-0.4, -0.2) is 27.2 Å². The number of carbonyl (C=O) groups is 1. The smallest absolute Gasteiger partial charge is 0.239 e. The van der Waals surface area contributed by atoms with E-state index in [2.05, 4.69) is 5.32 Å². The summed E-state index contributed by atoms with van der Waals surface area (Å²) in [5.74, 6) is -1.61. The Kier molecular flexibility index (Phi) is 5.23. The molecule has 122 valence electrons. The van der Waals surface area contributed by atoms with Crippen LogP contribution in [-0.2, 0) is 14.6 Å². The normalized spacial score (nSPS) is 11.1. The maximum atomic E-state index is 12.8. The van der Waals surface area contributed by atoms with Crippen molar-refractivity contribution in [3.8, 4) is 5.75 Å². The first-order valence-corrected chi connectivity index (χ1v) is 8.46. The van der Waals surface area contributed by atoms with Crippen molar-refractivity contribution in [3.63, 3.8) is 0 Å². The molecule has 0 aliphatic carbocycles. The third-order valence-corrected chi connectivity index (χ3v) is 4.86. The second kappa shape index (κ2) is 6.97. The number of methoxy groups -OCH3 is 1. The molecule has 0 bridgehead atoms. The Hall–Kier alpha value is -2.12. The molecule has 2 aromatic rings. The lowest BCUT2D eigenvalue weighted by atomic mass is 10.3. The summed E-state index contributed by atoms with van der Waals surface area (Å²) in [4.78, 5) is 11.8. The molecule has 0 aliphatic rings. The van der Waals surface area contributed by atoms with E-state index in [1.807, 2.05) is 0 Å². The first-order valence-electron chi connectivity index (χ1n) is 6.43.